The highest BCUT2D eigenvalue weighted by atomic mass is 16.4. The molecule has 1 rings (SSSR count). The van der Waals surface area contributed by atoms with Gasteiger partial charge in [-0.05, 0) is 30.0 Å². The maximum atomic E-state index is 11.0. The van der Waals surface area contributed by atoms with Crippen LogP contribution in [0, 0.1) is 5.92 Å². The zero-order valence-corrected chi connectivity index (χ0v) is 11.7. The van der Waals surface area contributed by atoms with Crippen LogP contribution in [-0.2, 0) is 4.79 Å². The summed E-state index contributed by atoms with van der Waals surface area (Å²) in [5.41, 5.74) is 2.37. The fourth-order valence-corrected chi connectivity index (χ4v) is 1.93. The number of carbonyl (C=O) groups is 1. The summed E-state index contributed by atoms with van der Waals surface area (Å²) in [7, 11) is 1.94. The predicted molar refractivity (Wildman–Crippen MR) is 75.2 cm³/mol. The number of carboxylic acid groups (broad SMARTS) is 1. The van der Waals surface area contributed by atoms with Crippen LogP contribution >= 0.6 is 0 Å². The molecule has 3 nitrogen and oxygen atoms in total. The Balaban J connectivity index is 2.72. The summed E-state index contributed by atoms with van der Waals surface area (Å²) in [5.74, 6) is -0.505. The molecule has 0 saturated heterocycles. The van der Waals surface area contributed by atoms with Crippen LogP contribution in [0.25, 0.3) is 0 Å². The molecule has 0 radical (unpaired) electrons. The van der Waals surface area contributed by atoms with Crippen LogP contribution in [0.5, 0.6) is 0 Å². The minimum atomic E-state index is -0.719. The molecule has 0 aliphatic heterocycles. The van der Waals surface area contributed by atoms with Crippen LogP contribution in [0.15, 0.2) is 24.3 Å². The van der Waals surface area contributed by atoms with E-state index in [4.69, 9.17) is 5.11 Å². The summed E-state index contributed by atoms with van der Waals surface area (Å²) in [6.45, 7) is 6.79. The Morgan fingerprint density at radius 2 is 1.83 bits per heavy atom. The van der Waals surface area contributed by atoms with Crippen molar-refractivity contribution in [3.05, 3.63) is 29.8 Å². The molecule has 1 aromatic carbocycles. The topological polar surface area (TPSA) is 40.5 Å². The minimum absolute atomic E-state index is 0.306. The summed E-state index contributed by atoms with van der Waals surface area (Å²) >= 11 is 0. The number of benzene rings is 1. The molecule has 0 aliphatic rings. The molecule has 1 atom stereocenters. The third-order valence-electron chi connectivity index (χ3n) is 3.34. The number of nitrogens with zero attached hydrogens (tertiary/aromatic N) is 1. The van der Waals surface area contributed by atoms with Crippen molar-refractivity contribution in [1.29, 1.82) is 0 Å². The largest absolute Gasteiger partial charge is 0.481 e. The van der Waals surface area contributed by atoms with Crippen LogP contribution in [0.2, 0.25) is 0 Å². The molecule has 0 saturated carbocycles. The fourth-order valence-electron chi connectivity index (χ4n) is 1.93. The molecule has 18 heavy (non-hydrogen) atoms. The smallest absolute Gasteiger partial charge is 0.308 e. The molecule has 0 bridgehead atoms. The van der Waals surface area contributed by atoms with Gasteiger partial charge in [-0.15, -0.1) is 0 Å². The predicted octanol–water partition coefficient (Wildman–Crippen LogP) is 3.36. The molecule has 1 N–H and O–H groups in total. The van der Waals surface area contributed by atoms with Gasteiger partial charge in [-0.25, -0.2) is 0 Å². The van der Waals surface area contributed by atoms with Gasteiger partial charge in [0.2, 0.25) is 0 Å². The van der Waals surface area contributed by atoms with Gasteiger partial charge in [-0.2, -0.15) is 0 Å². The second-order valence-corrected chi connectivity index (χ2v) is 5.07. The number of rotatable bonds is 6. The Kier molecular flexibility index (Phi) is 5.20. The molecule has 0 aliphatic carbocycles. The number of anilines is 1. The molecule has 0 amide bonds. The maximum Gasteiger partial charge on any atom is 0.308 e. The van der Waals surface area contributed by atoms with Crippen LogP contribution in [0.4, 0.5) is 5.69 Å². The first-order valence-electron chi connectivity index (χ1n) is 6.49. The van der Waals surface area contributed by atoms with E-state index in [1.54, 1.807) is 0 Å². The van der Waals surface area contributed by atoms with Crippen molar-refractivity contribution in [3.8, 4) is 0 Å². The number of hydrogen-bond donors (Lipinski definition) is 1. The lowest BCUT2D eigenvalue weighted by molar-refractivity contribution is -0.141. The highest BCUT2D eigenvalue weighted by Gasteiger charge is 2.17. The zero-order chi connectivity index (χ0) is 13.7. The molecule has 0 heterocycles. The van der Waals surface area contributed by atoms with Crippen molar-refractivity contribution >= 4 is 11.7 Å². The van der Waals surface area contributed by atoms with Gasteiger partial charge in [-0.3, -0.25) is 4.79 Å². The Hall–Kier alpha value is -1.51. The molecule has 0 spiro atoms. The van der Waals surface area contributed by atoms with Gasteiger partial charge in [0, 0.05) is 19.3 Å². The summed E-state index contributed by atoms with van der Waals surface area (Å²) in [5, 5.41) is 9.06. The quantitative estimate of drug-likeness (QED) is 0.840. The van der Waals surface area contributed by atoms with Gasteiger partial charge in [0.25, 0.3) is 0 Å². The van der Waals surface area contributed by atoms with Crippen molar-refractivity contribution < 1.29 is 9.90 Å². The monoisotopic (exact) mass is 249 g/mol. The van der Waals surface area contributed by atoms with Gasteiger partial charge in [0.1, 0.15) is 0 Å². The molecule has 3 heteroatoms. The van der Waals surface area contributed by atoms with E-state index in [1.807, 2.05) is 18.9 Å². The highest BCUT2D eigenvalue weighted by molar-refractivity contribution is 5.71. The summed E-state index contributed by atoms with van der Waals surface area (Å²) in [6.07, 6.45) is 0.656. The molecule has 1 unspecified atom stereocenters. The first-order chi connectivity index (χ1) is 8.45. The highest BCUT2D eigenvalue weighted by Crippen LogP contribution is 2.20. The van der Waals surface area contributed by atoms with Crippen LogP contribution in [-0.4, -0.2) is 24.7 Å². The van der Waals surface area contributed by atoms with E-state index in [0.717, 1.165) is 5.69 Å². The average Bonchev–Trinajstić information content (AvgIpc) is 2.35. The van der Waals surface area contributed by atoms with Gasteiger partial charge in [-0.1, -0.05) is 32.9 Å². The minimum Gasteiger partial charge on any atom is -0.481 e. The zero-order valence-electron chi connectivity index (χ0n) is 11.7. The summed E-state index contributed by atoms with van der Waals surface area (Å²) in [6, 6.07) is 8.34. The summed E-state index contributed by atoms with van der Waals surface area (Å²) < 4.78 is 0. The van der Waals surface area contributed by atoms with E-state index in [0.29, 0.717) is 18.9 Å². The number of carboxylic acids is 1. The Labute approximate surface area is 109 Å². The normalized spacial score (nSPS) is 12.5. The standard InChI is InChI=1S/C15H23NO2/c1-5-12(15(17)18)10-16(4)14-8-6-13(7-9-14)11(2)3/h6-9,11-12H,5,10H2,1-4H3,(H,17,18). The molecular weight excluding hydrogens is 226 g/mol. The molecular formula is C15H23NO2. The molecule has 0 fully saturated rings. The maximum absolute atomic E-state index is 11.0. The molecule has 0 aromatic heterocycles. The van der Waals surface area contributed by atoms with Gasteiger partial charge in [0.05, 0.1) is 5.92 Å². The van der Waals surface area contributed by atoms with E-state index in [9.17, 15) is 4.79 Å². The SMILES string of the molecule is CCC(CN(C)c1ccc(C(C)C)cc1)C(=O)O. The Morgan fingerprint density at radius 1 is 1.28 bits per heavy atom. The van der Waals surface area contributed by atoms with Crippen molar-refractivity contribution in [3.63, 3.8) is 0 Å². The van der Waals surface area contributed by atoms with E-state index >= 15 is 0 Å². The Bertz CT molecular complexity index is 384. The van der Waals surface area contributed by atoms with Crippen molar-refractivity contribution in [1.82, 2.24) is 0 Å². The Morgan fingerprint density at radius 3 is 2.22 bits per heavy atom. The fraction of sp³-hybridized carbons (Fsp3) is 0.533. The van der Waals surface area contributed by atoms with Gasteiger partial charge in [0.15, 0.2) is 0 Å². The third-order valence-corrected chi connectivity index (χ3v) is 3.34. The van der Waals surface area contributed by atoms with Crippen molar-refractivity contribution in [2.75, 3.05) is 18.5 Å². The first-order valence-corrected chi connectivity index (χ1v) is 6.49. The van der Waals surface area contributed by atoms with Crippen LogP contribution in [0.1, 0.15) is 38.7 Å². The van der Waals surface area contributed by atoms with Gasteiger partial charge < -0.3 is 10.0 Å². The lowest BCUT2D eigenvalue weighted by Gasteiger charge is -2.23. The van der Waals surface area contributed by atoms with Crippen LogP contribution in [0.3, 0.4) is 0 Å². The van der Waals surface area contributed by atoms with Crippen molar-refractivity contribution in [2.24, 2.45) is 5.92 Å². The van der Waals surface area contributed by atoms with E-state index < -0.39 is 5.97 Å². The van der Waals surface area contributed by atoms with Crippen LogP contribution < -0.4 is 4.90 Å². The second kappa shape index (κ2) is 6.43. The number of aliphatic carboxylic acids is 1. The lowest BCUT2D eigenvalue weighted by Crippen LogP contribution is -2.29. The van der Waals surface area contributed by atoms with E-state index in [2.05, 4.69) is 38.1 Å². The van der Waals surface area contributed by atoms with E-state index in [1.165, 1.54) is 5.56 Å². The third kappa shape index (κ3) is 3.76. The van der Waals surface area contributed by atoms with Gasteiger partial charge >= 0.3 is 5.97 Å². The average molecular weight is 249 g/mol. The second-order valence-electron chi connectivity index (χ2n) is 5.07. The van der Waals surface area contributed by atoms with E-state index in [-0.39, 0.29) is 5.92 Å². The molecule has 1 aromatic rings. The lowest BCUT2D eigenvalue weighted by atomic mass is 10.0. The summed E-state index contributed by atoms with van der Waals surface area (Å²) in [4.78, 5) is 13.0. The number of hydrogen-bond acceptors (Lipinski definition) is 2. The first kappa shape index (κ1) is 14.6. The molecule has 100 valence electrons. The van der Waals surface area contributed by atoms with Crippen molar-refractivity contribution in [2.45, 2.75) is 33.1 Å².